The van der Waals surface area contributed by atoms with Gasteiger partial charge in [-0.15, -0.1) is 0 Å². The summed E-state index contributed by atoms with van der Waals surface area (Å²) in [6, 6.07) is 13.6. The van der Waals surface area contributed by atoms with E-state index in [9.17, 15) is 19.5 Å². The number of amidine groups is 1. The van der Waals surface area contributed by atoms with Gasteiger partial charge in [-0.05, 0) is 37.3 Å². The molecule has 0 bridgehead atoms. The predicted octanol–water partition coefficient (Wildman–Crippen LogP) is -1.03. The Balaban J connectivity index is 2.21. The van der Waals surface area contributed by atoms with Crippen molar-refractivity contribution in [3.8, 4) is 0 Å². The second kappa shape index (κ2) is 13.7. The first-order valence-electron chi connectivity index (χ1n) is 12.0. The van der Waals surface area contributed by atoms with Crippen molar-refractivity contribution in [1.29, 1.82) is 5.41 Å². The first kappa shape index (κ1) is 29.8. The number of carbonyl (C=O) groups excluding carboxylic acids is 3. The molecule has 0 heterocycles. The smallest absolute Gasteiger partial charge is 0.245 e. The van der Waals surface area contributed by atoms with Gasteiger partial charge in [-0.1, -0.05) is 54.6 Å². The Kier molecular flexibility index (Phi) is 10.8. The Hall–Kier alpha value is -4.45. The van der Waals surface area contributed by atoms with E-state index in [1.807, 2.05) is 6.07 Å². The highest BCUT2D eigenvalue weighted by Crippen LogP contribution is 2.29. The van der Waals surface area contributed by atoms with Crippen LogP contribution < -0.4 is 33.6 Å². The number of aliphatic hydroxyl groups excluding tert-OH is 1. The maximum atomic E-state index is 13.6. The average molecular weight is 525 g/mol. The highest BCUT2D eigenvalue weighted by atomic mass is 16.3. The van der Waals surface area contributed by atoms with E-state index in [1.165, 1.54) is 0 Å². The van der Waals surface area contributed by atoms with E-state index in [-0.39, 0.29) is 31.2 Å². The highest BCUT2D eigenvalue weighted by Gasteiger charge is 2.38. The van der Waals surface area contributed by atoms with Crippen LogP contribution >= 0.6 is 0 Å². The normalized spacial score (nSPS) is 13.8. The summed E-state index contributed by atoms with van der Waals surface area (Å²) in [5.74, 6) is -2.19. The second-order valence-corrected chi connectivity index (χ2v) is 9.11. The average Bonchev–Trinajstić information content (AvgIpc) is 2.89. The van der Waals surface area contributed by atoms with Crippen LogP contribution in [0.3, 0.4) is 0 Å². The standard InChI is InChI=1S/C26H36N8O4/c1-26(18-6-3-2-4-7-18,14-16-9-11-17(12-10-16)21(27)28)24(38)34-20(15-35)23(37)33-19(22(29)36)8-5-13-32-25(30)31/h2-4,6-7,9-12,19-20,35H,5,8,13-15H2,1H3,(H3,27,28)(H2,29,36)(H,33,37)(H,34,38)(H4,30,31,32)/t19-,20-,26?/m0/s1. The number of guanidine groups is 1. The third kappa shape index (κ3) is 8.30. The van der Waals surface area contributed by atoms with E-state index in [1.54, 1.807) is 55.5 Å². The minimum absolute atomic E-state index is 0.0672. The number of nitrogens with one attached hydrogen (secondary N) is 3. The molecule has 3 amide bonds. The zero-order chi connectivity index (χ0) is 28.3. The summed E-state index contributed by atoms with van der Waals surface area (Å²) in [6.45, 7) is 1.28. The Labute approximate surface area is 221 Å². The van der Waals surface area contributed by atoms with Crippen molar-refractivity contribution in [2.45, 2.75) is 43.7 Å². The number of aliphatic hydroxyl groups is 1. The van der Waals surface area contributed by atoms with Crippen LogP contribution in [0.4, 0.5) is 0 Å². The molecule has 12 N–H and O–H groups in total. The van der Waals surface area contributed by atoms with Gasteiger partial charge in [0.15, 0.2) is 5.96 Å². The van der Waals surface area contributed by atoms with Gasteiger partial charge >= 0.3 is 0 Å². The van der Waals surface area contributed by atoms with Crippen LogP contribution in [-0.4, -0.2) is 59.9 Å². The third-order valence-corrected chi connectivity index (χ3v) is 6.14. The molecule has 0 aliphatic rings. The summed E-state index contributed by atoms with van der Waals surface area (Å²) in [6.07, 6.45) is 0.799. The van der Waals surface area contributed by atoms with Gasteiger partial charge in [-0.2, -0.15) is 0 Å². The van der Waals surface area contributed by atoms with Crippen molar-refractivity contribution in [2.75, 3.05) is 13.2 Å². The lowest BCUT2D eigenvalue weighted by atomic mass is 9.76. The molecule has 0 aromatic heterocycles. The maximum Gasteiger partial charge on any atom is 0.245 e. The van der Waals surface area contributed by atoms with Crippen molar-refractivity contribution in [3.05, 3.63) is 71.3 Å². The van der Waals surface area contributed by atoms with Gasteiger partial charge in [-0.25, -0.2) is 0 Å². The van der Waals surface area contributed by atoms with E-state index in [4.69, 9.17) is 28.3 Å². The molecule has 2 aromatic carbocycles. The monoisotopic (exact) mass is 524 g/mol. The van der Waals surface area contributed by atoms with Crippen molar-refractivity contribution >= 4 is 29.5 Å². The van der Waals surface area contributed by atoms with Crippen LogP contribution in [0.15, 0.2) is 59.6 Å². The predicted molar refractivity (Wildman–Crippen MR) is 145 cm³/mol. The summed E-state index contributed by atoms with van der Waals surface area (Å²) in [4.78, 5) is 42.2. The molecule has 0 fully saturated rings. The number of nitrogen functional groups attached to an aromatic ring is 1. The number of nitrogens with two attached hydrogens (primary N) is 4. The highest BCUT2D eigenvalue weighted by molar-refractivity contribution is 5.96. The fourth-order valence-corrected chi connectivity index (χ4v) is 3.90. The fraction of sp³-hybridized carbons (Fsp3) is 0.346. The van der Waals surface area contributed by atoms with Gasteiger partial charge in [0.1, 0.15) is 17.9 Å². The third-order valence-electron chi connectivity index (χ3n) is 6.14. The summed E-state index contributed by atoms with van der Waals surface area (Å²) in [7, 11) is 0. The molecule has 2 aromatic rings. The molecule has 0 aliphatic carbocycles. The molecule has 0 saturated heterocycles. The van der Waals surface area contributed by atoms with Crippen molar-refractivity contribution < 1.29 is 19.5 Å². The summed E-state index contributed by atoms with van der Waals surface area (Å²) >= 11 is 0. The maximum absolute atomic E-state index is 13.6. The van der Waals surface area contributed by atoms with Gasteiger partial charge in [0.2, 0.25) is 17.7 Å². The van der Waals surface area contributed by atoms with Crippen LogP contribution in [0.1, 0.15) is 36.5 Å². The SMILES string of the molecule is CC(Cc1ccc(C(=N)N)cc1)(C(=O)N[C@@H](CO)C(=O)N[C@@H](CCCN=C(N)N)C(N)=O)c1ccccc1. The van der Waals surface area contributed by atoms with Crippen LogP contribution in [0.5, 0.6) is 0 Å². The van der Waals surface area contributed by atoms with Crippen LogP contribution in [0.2, 0.25) is 0 Å². The number of amides is 3. The molecule has 0 radical (unpaired) electrons. The molecule has 0 aliphatic heterocycles. The fourth-order valence-electron chi connectivity index (χ4n) is 3.90. The molecule has 3 atom stereocenters. The van der Waals surface area contributed by atoms with Gasteiger partial charge < -0.3 is 38.7 Å². The van der Waals surface area contributed by atoms with Gasteiger partial charge in [0.25, 0.3) is 0 Å². The quantitative estimate of drug-likeness (QED) is 0.0868. The number of aliphatic imine (C=N–C) groups is 1. The lowest BCUT2D eigenvalue weighted by Gasteiger charge is -2.31. The van der Waals surface area contributed by atoms with Gasteiger partial charge in [-0.3, -0.25) is 24.8 Å². The zero-order valence-electron chi connectivity index (χ0n) is 21.3. The van der Waals surface area contributed by atoms with Crippen LogP contribution in [-0.2, 0) is 26.2 Å². The lowest BCUT2D eigenvalue weighted by molar-refractivity contribution is -0.134. The lowest BCUT2D eigenvalue weighted by Crippen LogP contribution is -2.57. The molecule has 12 heteroatoms. The molecule has 12 nitrogen and oxygen atoms in total. The minimum atomic E-state index is -1.33. The summed E-state index contributed by atoms with van der Waals surface area (Å²) in [5.41, 5.74) is 22.4. The molecule has 2 rings (SSSR count). The number of hydrogen-bond donors (Lipinski definition) is 8. The van der Waals surface area contributed by atoms with Gasteiger partial charge in [0.05, 0.1) is 12.0 Å². The summed E-state index contributed by atoms with van der Waals surface area (Å²) < 4.78 is 0. The Bertz CT molecular complexity index is 1150. The molecular formula is C26H36N8O4. The number of nitrogens with zero attached hydrogens (tertiary/aromatic N) is 1. The zero-order valence-corrected chi connectivity index (χ0v) is 21.3. The molecule has 204 valence electrons. The van der Waals surface area contributed by atoms with Crippen molar-refractivity contribution in [2.24, 2.45) is 27.9 Å². The number of carbonyl (C=O) groups is 3. The summed E-state index contributed by atoms with van der Waals surface area (Å²) in [5, 5.41) is 22.6. The molecular weight excluding hydrogens is 488 g/mol. The van der Waals surface area contributed by atoms with E-state index < -0.39 is 41.8 Å². The molecule has 0 saturated carbocycles. The largest absolute Gasteiger partial charge is 0.394 e. The van der Waals surface area contributed by atoms with E-state index in [0.717, 1.165) is 5.56 Å². The molecule has 1 unspecified atom stereocenters. The van der Waals surface area contributed by atoms with Gasteiger partial charge in [0, 0.05) is 12.1 Å². The Morgan fingerprint density at radius 3 is 2.13 bits per heavy atom. The number of hydrogen-bond acceptors (Lipinski definition) is 6. The second-order valence-electron chi connectivity index (χ2n) is 9.11. The van der Waals surface area contributed by atoms with E-state index >= 15 is 0 Å². The number of benzene rings is 2. The topological polar surface area (TPSA) is 236 Å². The first-order valence-corrected chi connectivity index (χ1v) is 12.0. The van der Waals surface area contributed by atoms with E-state index in [0.29, 0.717) is 17.5 Å². The van der Waals surface area contributed by atoms with Crippen LogP contribution in [0.25, 0.3) is 0 Å². The minimum Gasteiger partial charge on any atom is -0.394 e. The van der Waals surface area contributed by atoms with Crippen LogP contribution in [0, 0.1) is 5.41 Å². The van der Waals surface area contributed by atoms with Crippen molar-refractivity contribution in [3.63, 3.8) is 0 Å². The van der Waals surface area contributed by atoms with Crippen molar-refractivity contribution in [1.82, 2.24) is 10.6 Å². The first-order chi connectivity index (χ1) is 18.0. The molecule has 0 spiro atoms. The number of primary amides is 1. The molecule has 38 heavy (non-hydrogen) atoms. The Morgan fingerprint density at radius 2 is 1.61 bits per heavy atom. The van der Waals surface area contributed by atoms with E-state index in [2.05, 4.69) is 15.6 Å². The number of rotatable bonds is 14. The Morgan fingerprint density at radius 1 is 0.974 bits per heavy atom.